The minimum Gasteiger partial charge on any atom is -0.497 e. The first-order valence-electron chi connectivity index (χ1n) is 3.63. The molecule has 0 amide bonds. The van der Waals surface area contributed by atoms with E-state index >= 15 is 0 Å². The molecular formula is C8H11N3OS. The fourth-order valence-corrected chi connectivity index (χ4v) is 0.993. The summed E-state index contributed by atoms with van der Waals surface area (Å²) in [7, 11) is 1.58. The van der Waals surface area contributed by atoms with Gasteiger partial charge in [-0.05, 0) is 24.4 Å². The van der Waals surface area contributed by atoms with Gasteiger partial charge in [-0.3, -0.25) is 5.01 Å². The molecule has 0 heterocycles. The fourth-order valence-electron chi connectivity index (χ4n) is 0.888. The summed E-state index contributed by atoms with van der Waals surface area (Å²) < 4.78 is 5.02. The minimum absolute atomic E-state index is 0.119. The highest BCUT2D eigenvalue weighted by Gasteiger charge is 2.04. The van der Waals surface area contributed by atoms with Crippen LogP contribution in [-0.2, 0) is 0 Å². The van der Waals surface area contributed by atoms with E-state index in [4.69, 9.17) is 28.5 Å². The number of ether oxygens (including phenoxy) is 1. The molecule has 5 heteroatoms. The SMILES string of the molecule is COc1cccc(N(N)C(N)=S)c1. The lowest BCUT2D eigenvalue weighted by atomic mass is 10.3. The van der Waals surface area contributed by atoms with Crippen LogP contribution in [0.5, 0.6) is 5.75 Å². The maximum atomic E-state index is 5.57. The van der Waals surface area contributed by atoms with Gasteiger partial charge in [0.05, 0.1) is 12.8 Å². The van der Waals surface area contributed by atoms with Crippen molar-refractivity contribution in [3.8, 4) is 5.75 Å². The van der Waals surface area contributed by atoms with E-state index in [-0.39, 0.29) is 5.11 Å². The Hall–Kier alpha value is -1.33. The summed E-state index contributed by atoms with van der Waals surface area (Å²) in [6, 6.07) is 7.17. The van der Waals surface area contributed by atoms with E-state index in [0.717, 1.165) is 0 Å². The monoisotopic (exact) mass is 197 g/mol. The molecule has 0 fully saturated rings. The number of methoxy groups -OCH3 is 1. The molecule has 0 saturated heterocycles. The van der Waals surface area contributed by atoms with Crippen molar-refractivity contribution in [1.82, 2.24) is 0 Å². The maximum Gasteiger partial charge on any atom is 0.185 e. The van der Waals surface area contributed by atoms with Crippen molar-refractivity contribution in [1.29, 1.82) is 0 Å². The molecule has 0 aromatic heterocycles. The van der Waals surface area contributed by atoms with E-state index in [1.165, 1.54) is 5.01 Å². The van der Waals surface area contributed by atoms with Gasteiger partial charge in [-0.1, -0.05) is 6.07 Å². The third-order valence-corrected chi connectivity index (χ3v) is 1.77. The lowest BCUT2D eigenvalue weighted by Crippen LogP contribution is -2.41. The van der Waals surface area contributed by atoms with Crippen molar-refractivity contribution < 1.29 is 4.74 Å². The molecule has 0 saturated carbocycles. The Balaban J connectivity index is 2.94. The molecule has 0 unspecified atom stereocenters. The fraction of sp³-hybridized carbons (Fsp3) is 0.125. The maximum absolute atomic E-state index is 5.57. The molecule has 0 spiro atoms. The first kappa shape index (κ1) is 9.76. The predicted molar refractivity (Wildman–Crippen MR) is 56.4 cm³/mol. The zero-order valence-electron chi connectivity index (χ0n) is 7.23. The van der Waals surface area contributed by atoms with Crippen molar-refractivity contribution >= 4 is 23.0 Å². The van der Waals surface area contributed by atoms with Crippen molar-refractivity contribution in [2.24, 2.45) is 11.6 Å². The lowest BCUT2D eigenvalue weighted by Gasteiger charge is -2.16. The second-order valence-electron chi connectivity index (χ2n) is 2.41. The lowest BCUT2D eigenvalue weighted by molar-refractivity contribution is 0.415. The Morgan fingerprint density at radius 2 is 2.23 bits per heavy atom. The topological polar surface area (TPSA) is 64.5 Å². The second-order valence-corrected chi connectivity index (χ2v) is 2.83. The molecule has 0 aliphatic heterocycles. The number of nitrogens with zero attached hydrogens (tertiary/aromatic N) is 1. The first-order chi connectivity index (χ1) is 6.15. The van der Waals surface area contributed by atoms with Crippen LogP contribution in [0.1, 0.15) is 0 Å². The smallest absolute Gasteiger partial charge is 0.185 e. The zero-order chi connectivity index (χ0) is 9.84. The van der Waals surface area contributed by atoms with Gasteiger partial charge >= 0.3 is 0 Å². The molecule has 1 aromatic rings. The van der Waals surface area contributed by atoms with E-state index in [2.05, 4.69) is 0 Å². The van der Waals surface area contributed by atoms with E-state index in [0.29, 0.717) is 11.4 Å². The van der Waals surface area contributed by atoms with Crippen LogP contribution in [-0.4, -0.2) is 12.2 Å². The third kappa shape index (κ3) is 2.30. The summed E-state index contributed by atoms with van der Waals surface area (Å²) in [6.45, 7) is 0. The summed E-state index contributed by atoms with van der Waals surface area (Å²) >= 11 is 4.72. The van der Waals surface area contributed by atoms with Crippen molar-refractivity contribution in [3.05, 3.63) is 24.3 Å². The van der Waals surface area contributed by atoms with Gasteiger partial charge in [-0.25, -0.2) is 5.84 Å². The zero-order valence-corrected chi connectivity index (χ0v) is 8.04. The Kier molecular flexibility index (Phi) is 3.05. The van der Waals surface area contributed by atoms with Crippen molar-refractivity contribution in [2.75, 3.05) is 12.1 Å². The van der Waals surface area contributed by atoms with Crippen LogP contribution in [0, 0.1) is 0 Å². The van der Waals surface area contributed by atoms with Crippen LogP contribution in [0.2, 0.25) is 0 Å². The van der Waals surface area contributed by atoms with E-state index in [9.17, 15) is 0 Å². The average molecular weight is 197 g/mol. The van der Waals surface area contributed by atoms with Crippen LogP contribution in [0.3, 0.4) is 0 Å². The van der Waals surface area contributed by atoms with Crippen molar-refractivity contribution in [3.63, 3.8) is 0 Å². The van der Waals surface area contributed by atoms with Crippen LogP contribution in [0.25, 0.3) is 0 Å². The van der Waals surface area contributed by atoms with Gasteiger partial charge < -0.3 is 10.5 Å². The van der Waals surface area contributed by atoms with Gasteiger partial charge in [0.15, 0.2) is 5.11 Å². The van der Waals surface area contributed by atoms with E-state index < -0.39 is 0 Å². The number of anilines is 1. The molecule has 1 aromatic carbocycles. The minimum atomic E-state index is 0.119. The predicted octanol–water partition coefficient (Wildman–Crippen LogP) is 0.619. The summed E-state index contributed by atoms with van der Waals surface area (Å²) in [5.41, 5.74) is 6.05. The van der Waals surface area contributed by atoms with E-state index in [1.54, 1.807) is 19.2 Å². The molecule has 70 valence electrons. The Bertz CT molecular complexity index is 316. The largest absolute Gasteiger partial charge is 0.497 e. The van der Waals surface area contributed by atoms with Gasteiger partial charge in [0.25, 0.3) is 0 Å². The Morgan fingerprint density at radius 1 is 1.54 bits per heavy atom. The van der Waals surface area contributed by atoms with Gasteiger partial charge in [0.1, 0.15) is 5.75 Å². The number of hydrazine groups is 1. The number of hydrogen-bond acceptors (Lipinski definition) is 3. The summed E-state index contributed by atoms with van der Waals surface area (Å²) in [4.78, 5) is 0. The normalized spacial score (nSPS) is 9.38. The van der Waals surface area contributed by atoms with E-state index in [1.807, 2.05) is 12.1 Å². The number of thiocarbonyl (C=S) groups is 1. The second kappa shape index (κ2) is 4.06. The van der Waals surface area contributed by atoms with Crippen molar-refractivity contribution in [2.45, 2.75) is 0 Å². The Labute approximate surface area is 82.0 Å². The highest BCUT2D eigenvalue weighted by Crippen LogP contribution is 2.18. The molecule has 4 N–H and O–H groups in total. The molecule has 0 aliphatic carbocycles. The standard InChI is InChI=1S/C8H11N3OS/c1-12-7-4-2-3-6(5-7)11(10)8(9)13/h2-5H,10H2,1H3,(H2,9,13). The van der Waals surface area contributed by atoms with Gasteiger partial charge in [-0.15, -0.1) is 0 Å². The summed E-state index contributed by atoms with van der Waals surface area (Å²) in [6.07, 6.45) is 0. The van der Waals surface area contributed by atoms with Crippen LogP contribution < -0.4 is 21.3 Å². The molecule has 4 nitrogen and oxygen atoms in total. The van der Waals surface area contributed by atoms with Crippen LogP contribution in [0.15, 0.2) is 24.3 Å². The van der Waals surface area contributed by atoms with Gasteiger partial charge in [0, 0.05) is 6.07 Å². The van der Waals surface area contributed by atoms with Crippen LogP contribution in [0.4, 0.5) is 5.69 Å². The highest BCUT2D eigenvalue weighted by atomic mass is 32.1. The highest BCUT2D eigenvalue weighted by molar-refractivity contribution is 7.80. The number of hydrogen-bond donors (Lipinski definition) is 2. The quantitative estimate of drug-likeness (QED) is 0.413. The first-order valence-corrected chi connectivity index (χ1v) is 4.04. The van der Waals surface area contributed by atoms with Gasteiger partial charge in [-0.2, -0.15) is 0 Å². The average Bonchev–Trinajstić information content (AvgIpc) is 2.16. The molecule has 0 radical (unpaired) electrons. The number of rotatable bonds is 2. The molecule has 0 aliphatic rings. The molecule has 13 heavy (non-hydrogen) atoms. The summed E-state index contributed by atoms with van der Waals surface area (Å²) in [5, 5.41) is 1.34. The Morgan fingerprint density at radius 3 is 2.77 bits per heavy atom. The molecule has 1 rings (SSSR count). The molecular weight excluding hydrogens is 186 g/mol. The molecule has 0 atom stereocenters. The number of nitrogens with two attached hydrogens (primary N) is 2. The summed E-state index contributed by atoms with van der Waals surface area (Å²) in [5.74, 6) is 6.29. The third-order valence-electron chi connectivity index (χ3n) is 1.57. The number of benzene rings is 1. The van der Waals surface area contributed by atoms with Crippen LogP contribution >= 0.6 is 12.2 Å². The molecule has 0 bridgehead atoms. The van der Waals surface area contributed by atoms with Gasteiger partial charge in [0.2, 0.25) is 0 Å².